The van der Waals surface area contributed by atoms with Gasteiger partial charge < -0.3 is 5.11 Å². The molecule has 1 aromatic rings. The SMILES string of the molecule is CC1CCCC(C#N)(C(O)c2ccc(C(F)(F)F)cc2)C1. The van der Waals surface area contributed by atoms with Gasteiger partial charge in [-0.25, -0.2) is 0 Å². The largest absolute Gasteiger partial charge is 0.416 e. The number of hydrogen-bond acceptors (Lipinski definition) is 2. The molecule has 3 atom stereocenters. The zero-order chi connectivity index (χ0) is 15.7. The molecule has 2 nitrogen and oxygen atoms in total. The number of hydrogen-bond donors (Lipinski definition) is 1. The van der Waals surface area contributed by atoms with Crippen LogP contribution in [0.4, 0.5) is 13.2 Å². The summed E-state index contributed by atoms with van der Waals surface area (Å²) in [6.45, 7) is 2.03. The zero-order valence-electron chi connectivity index (χ0n) is 11.8. The molecule has 0 aliphatic heterocycles. The van der Waals surface area contributed by atoms with Crippen LogP contribution in [-0.2, 0) is 6.18 Å². The van der Waals surface area contributed by atoms with Crippen molar-refractivity contribution < 1.29 is 18.3 Å². The van der Waals surface area contributed by atoms with E-state index in [0.29, 0.717) is 24.3 Å². The molecule has 0 spiro atoms. The van der Waals surface area contributed by atoms with Gasteiger partial charge in [0.2, 0.25) is 0 Å². The molecule has 21 heavy (non-hydrogen) atoms. The van der Waals surface area contributed by atoms with Gasteiger partial charge in [-0.3, -0.25) is 0 Å². The standard InChI is InChI=1S/C16H18F3NO/c1-11-3-2-8-15(9-11,10-20)14(21)12-4-6-13(7-5-12)16(17,18)19/h4-7,11,14,21H,2-3,8-9H2,1H3. The Bertz CT molecular complexity index is 532. The van der Waals surface area contributed by atoms with E-state index in [-0.39, 0.29) is 0 Å². The molecule has 0 aromatic heterocycles. The molecule has 0 radical (unpaired) electrons. The van der Waals surface area contributed by atoms with Gasteiger partial charge in [-0.2, -0.15) is 18.4 Å². The number of benzene rings is 1. The number of nitriles is 1. The van der Waals surface area contributed by atoms with E-state index in [9.17, 15) is 23.5 Å². The molecule has 1 aliphatic rings. The summed E-state index contributed by atoms with van der Waals surface area (Å²) in [5, 5.41) is 20.0. The molecule has 0 heterocycles. The quantitative estimate of drug-likeness (QED) is 0.876. The van der Waals surface area contributed by atoms with Crippen molar-refractivity contribution >= 4 is 0 Å². The second kappa shape index (κ2) is 5.69. The van der Waals surface area contributed by atoms with Crippen LogP contribution in [0.2, 0.25) is 0 Å². The summed E-state index contributed by atoms with van der Waals surface area (Å²) in [5.74, 6) is 0.336. The smallest absolute Gasteiger partial charge is 0.387 e. The minimum Gasteiger partial charge on any atom is -0.387 e. The molecule has 5 heteroatoms. The molecule has 1 aromatic carbocycles. The molecule has 2 rings (SSSR count). The Hall–Kier alpha value is -1.54. The first-order chi connectivity index (χ1) is 9.78. The van der Waals surface area contributed by atoms with Crippen molar-refractivity contribution in [3.05, 3.63) is 35.4 Å². The molecule has 0 bridgehead atoms. The predicted octanol–water partition coefficient (Wildman–Crippen LogP) is 4.46. The number of aliphatic hydroxyl groups is 1. The molecule has 3 unspecified atom stereocenters. The fraction of sp³-hybridized carbons (Fsp3) is 0.562. The highest BCUT2D eigenvalue weighted by molar-refractivity contribution is 5.29. The van der Waals surface area contributed by atoms with Crippen molar-refractivity contribution in [3.63, 3.8) is 0 Å². The predicted molar refractivity (Wildman–Crippen MR) is 72.1 cm³/mol. The van der Waals surface area contributed by atoms with Gasteiger partial charge in [0.25, 0.3) is 0 Å². The Morgan fingerprint density at radius 2 is 1.95 bits per heavy atom. The summed E-state index contributed by atoms with van der Waals surface area (Å²) in [5.41, 5.74) is -1.27. The minimum atomic E-state index is -4.39. The number of halogens is 3. The van der Waals surface area contributed by atoms with Crippen molar-refractivity contribution in [3.8, 4) is 6.07 Å². The second-order valence-corrected chi connectivity index (χ2v) is 5.99. The lowest BCUT2D eigenvalue weighted by Gasteiger charge is -2.38. The highest BCUT2D eigenvalue weighted by atomic mass is 19.4. The van der Waals surface area contributed by atoms with Crippen LogP contribution in [0.25, 0.3) is 0 Å². The molecule has 1 fully saturated rings. The average molecular weight is 297 g/mol. The fourth-order valence-electron chi connectivity index (χ4n) is 3.18. The highest BCUT2D eigenvalue weighted by Crippen LogP contribution is 2.47. The molecule has 0 saturated heterocycles. The first-order valence-electron chi connectivity index (χ1n) is 7.05. The van der Waals surface area contributed by atoms with Crippen LogP contribution in [0.1, 0.15) is 49.8 Å². The van der Waals surface area contributed by atoms with Crippen LogP contribution >= 0.6 is 0 Å². The normalized spacial score (nSPS) is 27.9. The second-order valence-electron chi connectivity index (χ2n) is 5.99. The summed E-state index contributed by atoms with van der Waals surface area (Å²) in [6, 6.07) is 6.67. The van der Waals surface area contributed by atoms with Crippen molar-refractivity contribution in [2.75, 3.05) is 0 Å². The van der Waals surface area contributed by atoms with E-state index in [1.807, 2.05) is 6.92 Å². The highest BCUT2D eigenvalue weighted by Gasteiger charge is 2.42. The van der Waals surface area contributed by atoms with Gasteiger partial charge >= 0.3 is 6.18 Å². The van der Waals surface area contributed by atoms with E-state index in [1.165, 1.54) is 12.1 Å². The molecule has 114 valence electrons. The number of alkyl halides is 3. The Balaban J connectivity index is 2.26. The third-order valence-corrected chi connectivity index (χ3v) is 4.33. The van der Waals surface area contributed by atoms with Crippen molar-refractivity contribution in [1.82, 2.24) is 0 Å². The zero-order valence-corrected chi connectivity index (χ0v) is 11.8. The van der Waals surface area contributed by atoms with E-state index in [2.05, 4.69) is 6.07 Å². The van der Waals surface area contributed by atoms with Gasteiger partial charge in [-0.05, 0) is 36.5 Å². The van der Waals surface area contributed by atoms with Gasteiger partial charge in [0.05, 0.1) is 23.2 Å². The minimum absolute atomic E-state index is 0.336. The summed E-state index contributed by atoms with van der Waals surface area (Å²) in [6.07, 6.45) is -2.42. The van der Waals surface area contributed by atoms with Gasteiger partial charge in [0.1, 0.15) is 0 Å². The molecular formula is C16H18F3NO. The van der Waals surface area contributed by atoms with Gasteiger partial charge in [0.15, 0.2) is 0 Å². The van der Waals surface area contributed by atoms with Gasteiger partial charge in [-0.1, -0.05) is 31.9 Å². The van der Waals surface area contributed by atoms with Gasteiger partial charge in [0, 0.05) is 0 Å². The van der Waals surface area contributed by atoms with Crippen LogP contribution in [0.3, 0.4) is 0 Å². The maximum absolute atomic E-state index is 12.6. The van der Waals surface area contributed by atoms with E-state index in [0.717, 1.165) is 25.0 Å². The number of aliphatic hydroxyl groups excluding tert-OH is 1. The van der Waals surface area contributed by atoms with Gasteiger partial charge in [-0.15, -0.1) is 0 Å². The van der Waals surface area contributed by atoms with E-state index < -0.39 is 23.3 Å². The van der Waals surface area contributed by atoms with Crippen LogP contribution in [-0.4, -0.2) is 5.11 Å². The molecular weight excluding hydrogens is 279 g/mol. The van der Waals surface area contributed by atoms with E-state index >= 15 is 0 Å². The Labute approximate surface area is 122 Å². The molecule has 1 saturated carbocycles. The Morgan fingerprint density at radius 3 is 2.43 bits per heavy atom. The topological polar surface area (TPSA) is 44.0 Å². The van der Waals surface area contributed by atoms with Crippen molar-refractivity contribution in [2.45, 2.75) is 44.9 Å². The third-order valence-electron chi connectivity index (χ3n) is 4.33. The lowest BCUT2D eigenvalue weighted by atomic mass is 9.66. The maximum atomic E-state index is 12.6. The maximum Gasteiger partial charge on any atom is 0.416 e. The van der Waals surface area contributed by atoms with Crippen LogP contribution in [0.15, 0.2) is 24.3 Å². The summed E-state index contributed by atoms with van der Waals surface area (Å²) in [7, 11) is 0. The number of nitrogens with zero attached hydrogens (tertiary/aromatic N) is 1. The van der Waals surface area contributed by atoms with Crippen molar-refractivity contribution in [1.29, 1.82) is 5.26 Å². The van der Waals surface area contributed by atoms with E-state index in [4.69, 9.17) is 0 Å². The van der Waals surface area contributed by atoms with Crippen LogP contribution in [0.5, 0.6) is 0 Å². The lowest BCUT2D eigenvalue weighted by molar-refractivity contribution is -0.137. The summed E-state index contributed by atoms with van der Waals surface area (Å²) < 4.78 is 37.7. The third kappa shape index (κ3) is 3.21. The molecule has 1 N–H and O–H groups in total. The first kappa shape index (κ1) is 15.8. The van der Waals surface area contributed by atoms with Crippen molar-refractivity contribution in [2.24, 2.45) is 11.3 Å². The number of rotatable bonds is 2. The summed E-state index contributed by atoms with van der Waals surface area (Å²) in [4.78, 5) is 0. The van der Waals surface area contributed by atoms with Crippen LogP contribution < -0.4 is 0 Å². The fourth-order valence-corrected chi connectivity index (χ4v) is 3.18. The Morgan fingerprint density at radius 1 is 1.33 bits per heavy atom. The van der Waals surface area contributed by atoms with E-state index in [1.54, 1.807) is 0 Å². The summed E-state index contributed by atoms with van der Waals surface area (Å²) >= 11 is 0. The Kier molecular flexibility index (Phi) is 4.29. The first-order valence-corrected chi connectivity index (χ1v) is 7.05. The molecule has 0 amide bonds. The lowest BCUT2D eigenvalue weighted by Crippen LogP contribution is -2.33. The molecule has 1 aliphatic carbocycles. The van der Waals surface area contributed by atoms with Crippen LogP contribution in [0, 0.1) is 22.7 Å². The average Bonchev–Trinajstić information content (AvgIpc) is 2.45. The monoisotopic (exact) mass is 297 g/mol.